The van der Waals surface area contributed by atoms with E-state index in [4.69, 9.17) is 5.73 Å². The Bertz CT molecular complexity index is 352. The number of nitrogens with one attached hydrogen (secondary N) is 1. The van der Waals surface area contributed by atoms with Crippen LogP contribution in [0.1, 0.15) is 33.6 Å². The monoisotopic (exact) mass is 264 g/mol. The molecule has 102 valence electrons. The Labute approximate surface area is 104 Å². The summed E-state index contributed by atoms with van der Waals surface area (Å²) >= 11 is 0. The van der Waals surface area contributed by atoms with Crippen molar-refractivity contribution in [1.82, 2.24) is 5.32 Å². The topological polar surface area (TPSA) is 89.3 Å². The van der Waals surface area contributed by atoms with E-state index in [0.29, 0.717) is 25.3 Å². The van der Waals surface area contributed by atoms with Crippen molar-refractivity contribution in [2.24, 2.45) is 11.7 Å². The Morgan fingerprint density at radius 1 is 1.41 bits per heavy atom. The molecule has 0 aliphatic carbocycles. The van der Waals surface area contributed by atoms with Crippen molar-refractivity contribution in [3.63, 3.8) is 0 Å². The van der Waals surface area contributed by atoms with Gasteiger partial charge >= 0.3 is 0 Å². The van der Waals surface area contributed by atoms with Crippen LogP contribution >= 0.6 is 0 Å². The lowest BCUT2D eigenvalue weighted by Gasteiger charge is -2.29. The molecule has 0 aliphatic rings. The Kier molecular flexibility index (Phi) is 6.12. The van der Waals surface area contributed by atoms with Gasteiger partial charge in [0.1, 0.15) is 9.84 Å². The van der Waals surface area contributed by atoms with Crippen molar-refractivity contribution in [3.05, 3.63) is 0 Å². The van der Waals surface area contributed by atoms with Crippen LogP contribution in [0.3, 0.4) is 0 Å². The molecule has 0 heterocycles. The third kappa shape index (κ3) is 7.33. The molecule has 1 amide bonds. The lowest BCUT2D eigenvalue weighted by molar-refractivity contribution is -0.124. The van der Waals surface area contributed by atoms with Crippen molar-refractivity contribution < 1.29 is 13.2 Å². The molecule has 3 N–H and O–H groups in total. The van der Waals surface area contributed by atoms with E-state index in [9.17, 15) is 13.2 Å². The van der Waals surface area contributed by atoms with Crippen LogP contribution in [-0.2, 0) is 14.6 Å². The number of hydrogen-bond acceptors (Lipinski definition) is 4. The molecule has 0 unspecified atom stereocenters. The summed E-state index contributed by atoms with van der Waals surface area (Å²) in [4.78, 5) is 11.4. The van der Waals surface area contributed by atoms with E-state index in [-0.39, 0.29) is 5.75 Å². The zero-order chi connectivity index (χ0) is 13.7. The van der Waals surface area contributed by atoms with Crippen LogP contribution in [0.4, 0.5) is 0 Å². The predicted molar refractivity (Wildman–Crippen MR) is 69.4 cm³/mol. The lowest BCUT2D eigenvalue weighted by atomic mass is 9.90. The van der Waals surface area contributed by atoms with E-state index >= 15 is 0 Å². The predicted octanol–water partition coefficient (Wildman–Crippen LogP) is 0.301. The second kappa shape index (κ2) is 6.35. The van der Waals surface area contributed by atoms with E-state index < -0.39 is 21.3 Å². The molecule has 0 saturated carbocycles. The van der Waals surface area contributed by atoms with Crippen LogP contribution in [0.5, 0.6) is 0 Å². The van der Waals surface area contributed by atoms with Crippen molar-refractivity contribution in [2.45, 2.75) is 39.2 Å². The van der Waals surface area contributed by atoms with Crippen molar-refractivity contribution in [3.8, 4) is 0 Å². The van der Waals surface area contributed by atoms with E-state index in [0.717, 1.165) is 0 Å². The van der Waals surface area contributed by atoms with Crippen molar-refractivity contribution >= 4 is 15.7 Å². The van der Waals surface area contributed by atoms with E-state index in [1.165, 1.54) is 6.26 Å². The SMILES string of the molecule is CC(C)C[C@](C)(NCCCS(C)(=O)=O)C(N)=O. The summed E-state index contributed by atoms with van der Waals surface area (Å²) in [5.74, 6) is 0.0664. The fourth-order valence-corrected chi connectivity index (χ4v) is 2.44. The molecule has 0 saturated heterocycles. The third-order valence-corrected chi connectivity index (χ3v) is 3.60. The molecular weight excluding hydrogens is 240 g/mol. The molecule has 0 spiro atoms. The van der Waals surface area contributed by atoms with Crippen LogP contribution in [0.15, 0.2) is 0 Å². The highest BCUT2D eigenvalue weighted by Gasteiger charge is 2.30. The van der Waals surface area contributed by atoms with Gasteiger partial charge in [-0.2, -0.15) is 0 Å². The van der Waals surface area contributed by atoms with E-state index in [2.05, 4.69) is 5.32 Å². The van der Waals surface area contributed by atoms with Gasteiger partial charge in [0, 0.05) is 6.26 Å². The second-order valence-electron chi connectivity index (χ2n) is 5.20. The molecule has 0 aromatic carbocycles. The number of amides is 1. The van der Waals surface area contributed by atoms with Gasteiger partial charge in [0.25, 0.3) is 0 Å². The first kappa shape index (κ1) is 16.4. The average Bonchev–Trinajstić information content (AvgIpc) is 2.09. The van der Waals surface area contributed by atoms with Crippen LogP contribution in [-0.4, -0.2) is 38.4 Å². The van der Waals surface area contributed by atoms with Gasteiger partial charge in [-0.25, -0.2) is 8.42 Å². The number of hydrogen-bond donors (Lipinski definition) is 2. The second-order valence-corrected chi connectivity index (χ2v) is 7.46. The first-order valence-electron chi connectivity index (χ1n) is 5.79. The highest BCUT2D eigenvalue weighted by Crippen LogP contribution is 2.16. The maximum absolute atomic E-state index is 11.4. The smallest absolute Gasteiger partial charge is 0.237 e. The molecular formula is C11H24N2O3S. The van der Waals surface area contributed by atoms with Crippen LogP contribution in [0.25, 0.3) is 0 Å². The first-order chi connectivity index (χ1) is 7.57. The summed E-state index contributed by atoms with van der Waals surface area (Å²) < 4.78 is 21.9. The molecule has 1 atom stereocenters. The van der Waals surface area contributed by atoms with Crippen LogP contribution in [0, 0.1) is 5.92 Å². The van der Waals surface area contributed by atoms with Gasteiger partial charge in [0.2, 0.25) is 5.91 Å². The molecule has 0 aromatic rings. The number of primary amides is 1. The zero-order valence-corrected chi connectivity index (χ0v) is 11.9. The largest absolute Gasteiger partial charge is 0.368 e. The summed E-state index contributed by atoms with van der Waals surface area (Å²) in [6.45, 7) is 6.26. The van der Waals surface area contributed by atoms with Gasteiger partial charge in [-0.15, -0.1) is 0 Å². The lowest BCUT2D eigenvalue weighted by Crippen LogP contribution is -2.54. The Balaban J connectivity index is 4.24. The molecule has 6 heteroatoms. The molecule has 0 bridgehead atoms. The third-order valence-electron chi connectivity index (χ3n) is 2.57. The minimum atomic E-state index is -2.94. The van der Waals surface area contributed by atoms with Crippen molar-refractivity contribution in [2.75, 3.05) is 18.6 Å². The maximum Gasteiger partial charge on any atom is 0.237 e. The van der Waals surface area contributed by atoms with Gasteiger partial charge in [-0.05, 0) is 32.2 Å². The van der Waals surface area contributed by atoms with Gasteiger partial charge in [0.05, 0.1) is 11.3 Å². The number of sulfone groups is 1. The van der Waals surface area contributed by atoms with Gasteiger partial charge in [-0.3, -0.25) is 4.79 Å². The molecule has 17 heavy (non-hydrogen) atoms. The number of carbonyl (C=O) groups is 1. The first-order valence-corrected chi connectivity index (χ1v) is 7.85. The van der Waals surface area contributed by atoms with E-state index in [1.807, 2.05) is 13.8 Å². The molecule has 0 fully saturated rings. The van der Waals surface area contributed by atoms with Gasteiger partial charge in [-0.1, -0.05) is 13.8 Å². The molecule has 0 rings (SSSR count). The Hall–Kier alpha value is -0.620. The molecule has 5 nitrogen and oxygen atoms in total. The number of carbonyl (C=O) groups excluding carboxylic acids is 1. The summed E-state index contributed by atoms with van der Waals surface area (Å²) in [7, 11) is -2.94. The minimum absolute atomic E-state index is 0.122. The number of nitrogens with two attached hydrogens (primary N) is 1. The van der Waals surface area contributed by atoms with Gasteiger partial charge < -0.3 is 11.1 Å². The van der Waals surface area contributed by atoms with Gasteiger partial charge in [0.15, 0.2) is 0 Å². The Morgan fingerprint density at radius 3 is 2.29 bits per heavy atom. The fourth-order valence-electron chi connectivity index (χ4n) is 1.78. The molecule has 0 aliphatic heterocycles. The van der Waals surface area contributed by atoms with Crippen LogP contribution < -0.4 is 11.1 Å². The quantitative estimate of drug-likeness (QED) is 0.617. The summed E-state index contributed by atoms with van der Waals surface area (Å²) in [5, 5.41) is 3.06. The summed E-state index contributed by atoms with van der Waals surface area (Å²) in [6.07, 6.45) is 2.33. The average molecular weight is 264 g/mol. The van der Waals surface area contributed by atoms with Crippen molar-refractivity contribution in [1.29, 1.82) is 0 Å². The highest BCUT2D eigenvalue weighted by molar-refractivity contribution is 7.90. The standard InChI is InChI=1S/C11H24N2O3S/c1-9(2)8-11(3,10(12)14)13-6-5-7-17(4,15)16/h9,13H,5-8H2,1-4H3,(H2,12,14)/t11-/m0/s1. The summed E-state index contributed by atoms with van der Waals surface area (Å²) in [6, 6.07) is 0. The van der Waals surface area contributed by atoms with E-state index in [1.54, 1.807) is 6.92 Å². The zero-order valence-electron chi connectivity index (χ0n) is 11.1. The fraction of sp³-hybridized carbons (Fsp3) is 0.909. The summed E-state index contributed by atoms with van der Waals surface area (Å²) in [5.41, 5.74) is 4.61. The van der Waals surface area contributed by atoms with Crippen LogP contribution in [0.2, 0.25) is 0 Å². The Morgan fingerprint density at radius 2 is 1.94 bits per heavy atom. The maximum atomic E-state index is 11.4. The normalized spacial score (nSPS) is 15.8. The minimum Gasteiger partial charge on any atom is -0.368 e. The number of rotatable bonds is 8. The molecule has 0 aromatic heterocycles. The highest BCUT2D eigenvalue weighted by atomic mass is 32.2. The molecule has 0 radical (unpaired) electrons.